The normalized spacial score (nSPS) is 16.0. The fourth-order valence-electron chi connectivity index (χ4n) is 3.26. The van der Waals surface area contributed by atoms with Gasteiger partial charge in [-0.25, -0.2) is 5.01 Å². The zero-order chi connectivity index (χ0) is 20.4. The number of furan rings is 2. The molecule has 1 aliphatic heterocycles. The molecule has 29 heavy (non-hydrogen) atoms. The lowest BCUT2D eigenvalue weighted by Crippen LogP contribution is -2.32. The molecule has 2 aromatic heterocycles. The van der Waals surface area contributed by atoms with Gasteiger partial charge in [-0.3, -0.25) is 9.59 Å². The lowest BCUT2D eigenvalue weighted by molar-refractivity contribution is -0.131. The summed E-state index contributed by atoms with van der Waals surface area (Å²) in [6, 6.07) is 14.0. The maximum atomic E-state index is 12.9. The van der Waals surface area contributed by atoms with Crippen molar-refractivity contribution in [3.63, 3.8) is 0 Å². The molecule has 1 N–H and O–H groups in total. The van der Waals surface area contributed by atoms with Crippen molar-refractivity contribution in [2.45, 2.75) is 26.3 Å². The number of benzene rings is 1. The van der Waals surface area contributed by atoms with Gasteiger partial charge in [-0.2, -0.15) is 5.10 Å². The van der Waals surface area contributed by atoms with Crippen LogP contribution >= 0.6 is 0 Å². The smallest absolute Gasteiger partial charge is 0.262 e. The van der Waals surface area contributed by atoms with Gasteiger partial charge in [0.2, 0.25) is 0 Å². The molecule has 1 atom stereocenters. The minimum atomic E-state index is -0.320. The SMILES string of the molecule is CC(=O)c1ccc(NCC(=O)N2N=C(c3ccc(C)o3)C[C@H]2c2ccco2)cc1. The van der Waals surface area contributed by atoms with E-state index in [-0.39, 0.29) is 24.3 Å². The number of hydrazone groups is 1. The van der Waals surface area contributed by atoms with Gasteiger partial charge in [0.25, 0.3) is 5.91 Å². The highest BCUT2D eigenvalue weighted by Crippen LogP contribution is 2.33. The Morgan fingerprint density at radius 3 is 2.59 bits per heavy atom. The van der Waals surface area contributed by atoms with Gasteiger partial charge in [0.05, 0.1) is 12.8 Å². The minimum Gasteiger partial charge on any atom is -0.467 e. The summed E-state index contributed by atoms with van der Waals surface area (Å²) in [5, 5.41) is 9.05. The minimum absolute atomic E-state index is 0.000937. The number of carbonyl (C=O) groups excluding carboxylic acids is 2. The lowest BCUT2D eigenvalue weighted by atomic mass is 10.1. The zero-order valence-electron chi connectivity index (χ0n) is 16.2. The molecule has 0 fully saturated rings. The second kappa shape index (κ2) is 7.79. The van der Waals surface area contributed by atoms with Crippen molar-refractivity contribution in [2.75, 3.05) is 11.9 Å². The van der Waals surface area contributed by atoms with E-state index < -0.39 is 0 Å². The van der Waals surface area contributed by atoms with Crippen LogP contribution in [0.5, 0.6) is 0 Å². The largest absolute Gasteiger partial charge is 0.467 e. The Morgan fingerprint density at radius 1 is 1.17 bits per heavy atom. The Balaban J connectivity index is 1.50. The second-order valence-electron chi connectivity index (χ2n) is 6.92. The molecule has 0 bridgehead atoms. The summed E-state index contributed by atoms with van der Waals surface area (Å²) in [6.45, 7) is 3.45. The van der Waals surface area contributed by atoms with Crippen LogP contribution in [0.4, 0.5) is 5.69 Å². The molecule has 3 aromatic rings. The highest BCUT2D eigenvalue weighted by Gasteiger charge is 2.35. The van der Waals surface area contributed by atoms with Crippen LogP contribution in [0.25, 0.3) is 0 Å². The van der Waals surface area contributed by atoms with Crippen LogP contribution < -0.4 is 5.32 Å². The van der Waals surface area contributed by atoms with Gasteiger partial charge in [-0.1, -0.05) is 0 Å². The summed E-state index contributed by atoms with van der Waals surface area (Å²) in [5.41, 5.74) is 2.09. The van der Waals surface area contributed by atoms with Gasteiger partial charge < -0.3 is 14.2 Å². The van der Waals surface area contributed by atoms with Crippen molar-refractivity contribution >= 4 is 23.1 Å². The lowest BCUT2D eigenvalue weighted by Gasteiger charge is -2.20. The third kappa shape index (κ3) is 3.99. The van der Waals surface area contributed by atoms with E-state index in [9.17, 15) is 9.59 Å². The Morgan fingerprint density at radius 2 is 1.97 bits per heavy atom. The summed E-state index contributed by atoms with van der Waals surface area (Å²) in [7, 11) is 0. The number of amides is 1. The molecule has 1 aromatic carbocycles. The van der Waals surface area contributed by atoms with Crippen molar-refractivity contribution in [3.05, 3.63) is 77.6 Å². The fourth-order valence-corrected chi connectivity index (χ4v) is 3.26. The average Bonchev–Trinajstić information content (AvgIpc) is 3.46. The van der Waals surface area contributed by atoms with E-state index in [0.29, 0.717) is 29.2 Å². The van der Waals surface area contributed by atoms with Crippen LogP contribution in [-0.4, -0.2) is 29.0 Å². The molecule has 4 rings (SSSR count). The number of nitrogens with one attached hydrogen (secondary N) is 1. The Hall–Kier alpha value is -3.61. The van der Waals surface area contributed by atoms with E-state index in [1.54, 1.807) is 36.6 Å². The van der Waals surface area contributed by atoms with Gasteiger partial charge in [-0.05, 0) is 62.4 Å². The molecule has 0 radical (unpaired) electrons. The van der Waals surface area contributed by atoms with Gasteiger partial charge in [0, 0.05) is 17.7 Å². The van der Waals surface area contributed by atoms with Crippen molar-refractivity contribution in [1.29, 1.82) is 0 Å². The summed E-state index contributed by atoms with van der Waals surface area (Å²) in [5.74, 6) is 1.92. The molecule has 0 saturated carbocycles. The summed E-state index contributed by atoms with van der Waals surface area (Å²) < 4.78 is 11.2. The number of rotatable bonds is 6. The first kappa shape index (κ1) is 18.7. The van der Waals surface area contributed by atoms with Crippen LogP contribution in [0.2, 0.25) is 0 Å². The molecule has 3 heterocycles. The predicted octanol–water partition coefficient (Wildman–Crippen LogP) is 4.17. The maximum absolute atomic E-state index is 12.9. The zero-order valence-corrected chi connectivity index (χ0v) is 16.2. The van der Waals surface area contributed by atoms with Crippen molar-refractivity contribution in [2.24, 2.45) is 5.10 Å². The first-order valence-electron chi connectivity index (χ1n) is 9.36. The molecule has 7 nitrogen and oxygen atoms in total. The van der Waals surface area contributed by atoms with E-state index in [0.717, 1.165) is 11.4 Å². The second-order valence-corrected chi connectivity index (χ2v) is 6.92. The van der Waals surface area contributed by atoms with E-state index in [1.165, 1.54) is 11.9 Å². The molecule has 148 valence electrons. The average molecular weight is 391 g/mol. The highest BCUT2D eigenvalue weighted by molar-refractivity contribution is 6.01. The third-order valence-corrected chi connectivity index (χ3v) is 4.80. The molecule has 0 unspecified atom stereocenters. The van der Waals surface area contributed by atoms with Crippen LogP contribution in [0.1, 0.15) is 47.0 Å². The number of aryl methyl sites for hydroxylation is 1. The van der Waals surface area contributed by atoms with Crippen molar-refractivity contribution in [1.82, 2.24) is 5.01 Å². The van der Waals surface area contributed by atoms with Gasteiger partial charge >= 0.3 is 0 Å². The fraction of sp³-hybridized carbons (Fsp3) is 0.227. The predicted molar refractivity (Wildman–Crippen MR) is 108 cm³/mol. The number of Topliss-reactive ketones (excluding diaryl/α,β-unsaturated/α-hetero) is 1. The molecule has 0 spiro atoms. The molecular formula is C22H21N3O4. The first-order valence-corrected chi connectivity index (χ1v) is 9.36. The third-order valence-electron chi connectivity index (χ3n) is 4.80. The standard InChI is InChI=1S/C22H21N3O4/c1-14-5-10-20(29-14)18-12-19(21-4-3-11-28-21)25(24-18)22(27)13-23-17-8-6-16(7-9-17)15(2)26/h3-11,19,23H,12-13H2,1-2H3/t19-/m0/s1. The van der Waals surface area contributed by atoms with Crippen LogP contribution in [0.3, 0.4) is 0 Å². The van der Waals surface area contributed by atoms with Crippen LogP contribution in [0.15, 0.2) is 68.7 Å². The summed E-state index contributed by atoms with van der Waals surface area (Å²) in [4.78, 5) is 24.3. The molecular weight excluding hydrogens is 370 g/mol. The molecule has 0 aliphatic carbocycles. The number of anilines is 1. The van der Waals surface area contributed by atoms with Crippen molar-refractivity contribution in [3.8, 4) is 0 Å². The quantitative estimate of drug-likeness (QED) is 0.637. The number of hydrogen-bond donors (Lipinski definition) is 1. The number of ketones is 1. The van der Waals surface area contributed by atoms with E-state index in [2.05, 4.69) is 10.4 Å². The first-order chi connectivity index (χ1) is 14.0. The van der Waals surface area contributed by atoms with E-state index in [4.69, 9.17) is 8.83 Å². The summed E-state index contributed by atoms with van der Waals surface area (Å²) >= 11 is 0. The number of carbonyl (C=O) groups is 2. The van der Waals surface area contributed by atoms with Crippen molar-refractivity contribution < 1.29 is 18.4 Å². The Kier molecular flexibility index (Phi) is 5.03. The van der Waals surface area contributed by atoms with E-state index >= 15 is 0 Å². The molecule has 7 heteroatoms. The molecule has 1 aliphatic rings. The van der Waals surface area contributed by atoms with Crippen LogP contribution in [0, 0.1) is 6.92 Å². The van der Waals surface area contributed by atoms with Gasteiger partial charge in [0.1, 0.15) is 29.0 Å². The molecule has 0 saturated heterocycles. The number of hydrogen-bond acceptors (Lipinski definition) is 6. The Bertz CT molecular complexity index is 1050. The van der Waals surface area contributed by atoms with Gasteiger partial charge in [0.15, 0.2) is 5.78 Å². The maximum Gasteiger partial charge on any atom is 0.262 e. The Labute approximate surface area is 168 Å². The summed E-state index contributed by atoms with van der Waals surface area (Å²) in [6.07, 6.45) is 2.10. The van der Waals surface area contributed by atoms with Crippen LogP contribution in [-0.2, 0) is 4.79 Å². The molecule has 1 amide bonds. The topological polar surface area (TPSA) is 88.0 Å². The van der Waals surface area contributed by atoms with Gasteiger partial charge in [-0.15, -0.1) is 0 Å². The monoisotopic (exact) mass is 391 g/mol. The van der Waals surface area contributed by atoms with E-state index in [1.807, 2.05) is 25.1 Å². The highest BCUT2D eigenvalue weighted by atomic mass is 16.3. The number of nitrogens with zero attached hydrogens (tertiary/aromatic N) is 2.